The molecule has 108 valence electrons. The Morgan fingerprint density at radius 1 is 1.42 bits per heavy atom. The number of sulfonamides is 1. The number of likely N-dealkylation sites (N-methyl/N-ethyl adjacent to an activating group) is 1. The lowest BCUT2D eigenvalue weighted by molar-refractivity contribution is 0.134. The van der Waals surface area contributed by atoms with Gasteiger partial charge in [0.25, 0.3) is 10.0 Å². The van der Waals surface area contributed by atoms with Gasteiger partial charge in [-0.05, 0) is 23.0 Å². The first-order chi connectivity index (χ1) is 8.92. The fraction of sp³-hybridized carbons (Fsp3) is 0.600. The molecule has 19 heavy (non-hydrogen) atoms. The van der Waals surface area contributed by atoms with Gasteiger partial charge in [0, 0.05) is 32.2 Å². The molecule has 2 heterocycles. The van der Waals surface area contributed by atoms with Crippen molar-refractivity contribution in [3.05, 3.63) is 16.5 Å². The molecule has 0 bridgehead atoms. The van der Waals surface area contributed by atoms with E-state index >= 15 is 0 Å². The zero-order chi connectivity index (χ0) is 14.0. The number of piperazine rings is 1. The zero-order valence-electron chi connectivity index (χ0n) is 10.5. The van der Waals surface area contributed by atoms with E-state index in [9.17, 15) is 8.42 Å². The number of furan rings is 1. The van der Waals surface area contributed by atoms with Crippen molar-refractivity contribution in [3.8, 4) is 0 Å². The zero-order valence-corrected chi connectivity index (χ0v) is 12.9. The van der Waals surface area contributed by atoms with Crippen molar-refractivity contribution in [2.24, 2.45) is 0 Å². The van der Waals surface area contributed by atoms with Crippen LogP contribution in [-0.4, -0.2) is 56.7 Å². The van der Waals surface area contributed by atoms with Crippen LogP contribution in [0.4, 0.5) is 0 Å². The fourth-order valence-corrected chi connectivity index (χ4v) is 3.90. The number of rotatable bonds is 4. The molecule has 9 heteroatoms. The lowest BCUT2D eigenvalue weighted by Crippen LogP contribution is -2.52. The van der Waals surface area contributed by atoms with Crippen LogP contribution in [0.5, 0.6) is 0 Å². The molecule has 0 amide bonds. The van der Waals surface area contributed by atoms with E-state index in [4.69, 9.17) is 9.52 Å². The standard InChI is InChI=1S/C10H16BrN3O4S/c1-13-2-4-14(5-3-13)12-19(16,17)9-6-8(7-15)18-10(9)11/h6,12,15H,2-5,7H2,1H3. The van der Waals surface area contributed by atoms with Gasteiger partial charge in [0.2, 0.25) is 0 Å². The molecule has 0 saturated carbocycles. The summed E-state index contributed by atoms with van der Waals surface area (Å²) < 4.78 is 29.6. The maximum absolute atomic E-state index is 12.2. The van der Waals surface area contributed by atoms with Gasteiger partial charge >= 0.3 is 0 Å². The molecule has 1 aliphatic rings. The average molecular weight is 354 g/mol. The summed E-state index contributed by atoms with van der Waals surface area (Å²) in [6.07, 6.45) is 0. The molecule has 2 rings (SSSR count). The van der Waals surface area contributed by atoms with E-state index in [1.165, 1.54) is 6.07 Å². The third kappa shape index (κ3) is 3.56. The molecule has 0 atom stereocenters. The van der Waals surface area contributed by atoms with Crippen LogP contribution in [0.25, 0.3) is 0 Å². The minimum absolute atomic E-state index is 0.00419. The summed E-state index contributed by atoms with van der Waals surface area (Å²) >= 11 is 3.04. The first-order valence-corrected chi connectivity index (χ1v) is 8.05. The second-order valence-electron chi connectivity index (χ2n) is 4.39. The van der Waals surface area contributed by atoms with E-state index in [1.807, 2.05) is 7.05 Å². The Balaban J connectivity index is 2.11. The maximum Gasteiger partial charge on any atom is 0.257 e. The minimum atomic E-state index is -3.69. The fourth-order valence-electron chi connectivity index (χ4n) is 1.78. The molecular formula is C10H16BrN3O4S. The highest BCUT2D eigenvalue weighted by atomic mass is 79.9. The van der Waals surface area contributed by atoms with Crippen molar-refractivity contribution in [1.82, 2.24) is 14.7 Å². The van der Waals surface area contributed by atoms with Gasteiger partial charge < -0.3 is 14.4 Å². The second kappa shape index (κ2) is 5.90. The third-order valence-corrected chi connectivity index (χ3v) is 5.14. The number of hydrogen-bond donors (Lipinski definition) is 2. The third-order valence-electron chi connectivity index (χ3n) is 2.90. The summed E-state index contributed by atoms with van der Waals surface area (Å²) in [5.74, 6) is 0.200. The Morgan fingerprint density at radius 3 is 2.58 bits per heavy atom. The molecule has 0 aromatic carbocycles. The highest BCUT2D eigenvalue weighted by Crippen LogP contribution is 2.26. The van der Waals surface area contributed by atoms with E-state index < -0.39 is 10.0 Å². The first-order valence-electron chi connectivity index (χ1n) is 5.77. The lowest BCUT2D eigenvalue weighted by atomic mass is 10.4. The summed E-state index contributed by atoms with van der Waals surface area (Å²) in [5, 5.41) is 10.6. The van der Waals surface area contributed by atoms with Crippen LogP contribution in [-0.2, 0) is 16.6 Å². The van der Waals surface area contributed by atoms with Gasteiger partial charge in [-0.25, -0.2) is 13.4 Å². The van der Waals surface area contributed by atoms with Crippen LogP contribution in [0.2, 0.25) is 0 Å². The number of halogens is 1. The van der Waals surface area contributed by atoms with Crippen LogP contribution < -0.4 is 4.83 Å². The van der Waals surface area contributed by atoms with Crippen LogP contribution in [0.3, 0.4) is 0 Å². The van der Waals surface area contributed by atoms with Crippen molar-refractivity contribution >= 4 is 26.0 Å². The van der Waals surface area contributed by atoms with Gasteiger partial charge in [0.15, 0.2) is 4.67 Å². The Labute approximate surface area is 120 Å². The summed E-state index contributed by atoms with van der Waals surface area (Å²) in [6.45, 7) is 2.51. The molecular weight excluding hydrogens is 338 g/mol. The Hall–Kier alpha value is -0.450. The van der Waals surface area contributed by atoms with Gasteiger partial charge in [-0.2, -0.15) is 0 Å². The van der Waals surface area contributed by atoms with E-state index in [0.717, 1.165) is 13.1 Å². The summed E-state index contributed by atoms with van der Waals surface area (Å²) in [5.41, 5.74) is 0. The second-order valence-corrected chi connectivity index (χ2v) is 6.74. The quantitative estimate of drug-likeness (QED) is 0.790. The normalized spacial score (nSPS) is 18.9. The Bertz CT molecular complexity index is 537. The molecule has 0 aliphatic carbocycles. The van der Waals surface area contributed by atoms with Crippen LogP contribution in [0, 0.1) is 0 Å². The first kappa shape index (κ1) is 14.9. The molecule has 0 unspecified atom stereocenters. The van der Waals surface area contributed by atoms with Gasteiger partial charge in [0.05, 0.1) is 0 Å². The Kier molecular flexibility index (Phi) is 4.64. The molecule has 1 aliphatic heterocycles. The van der Waals surface area contributed by atoms with Crippen molar-refractivity contribution < 1.29 is 17.9 Å². The smallest absolute Gasteiger partial charge is 0.257 e. The van der Waals surface area contributed by atoms with E-state index in [0.29, 0.717) is 13.1 Å². The predicted octanol–water partition coefficient (Wildman–Crippen LogP) is -0.0249. The summed E-state index contributed by atoms with van der Waals surface area (Å²) in [6, 6.07) is 1.31. The number of aliphatic hydroxyl groups excluding tert-OH is 1. The van der Waals surface area contributed by atoms with Crippen molar-refractivity contribution in [1.29, 1.82) is 0 Å². The van der Waals surface area contributed by atoms with Gasteiger partial charge in [-0.15, -0.1) is 4.83 Å². The van der Waals surface area contributed by atoms with E-state index in [2.05, 4.69) is 25.7 Å². The summed E-state index contributed by atoms with van der Waals surface area (Å²) in [4.78, 5) is 4.64. The molecule has 0 radical (unpaired) electrons. The van der Waals surface area contributed by atoms with Crippen LogP contribution >= 0.6 is 15.9 Å². The molecule has 7 nitrogen and oxygen atoms in total. The van der Waals surface area contributed by atoms with Crippen LogP contribution in [0.1, 0.15) is 5.76 Å². The number of hydrazine groups is 1. The number of nitrogens with one attached hydrogen (secondary N) is 1. The van der Waals surface area contributed by atoms with Crippen molar-refractivity contribution in [2.45, 2.75) is 11.5 Å². The molecule has 1 aromatic heterocycles. The maximum atomic E-state index is 12.2. The molecule has 1 saturated heterocycles. The predicted molar refractivity (Wildman–Crippen MR) is 71.7 cm³/mol. The topological polar surface area (TPSA) is 86.0 Å². The minimum Gasteiger partial charge on any atom is -0.450 e. The number of hydrogen-bond acceptors (Lipinski definition) is 6. The number of nitrogens with zero attached hydrogens (tertiary/aromatic N) is 2. The molecule has 1 fully saturated rings. The summed E-state index contributed by atoms with van der Waals surface area (Å²) in [7, 11) is -1.70. The van der Waals surface area contributed by atoms with Crippen LogP contribution in [0.15, 0.2) is 20.0 Å². The van der Waals surface area contributed by atoms with Crippen molar-refractivity contribution in [3.63, 3.8) is 0 Å². The molecule has 2 N–H and O–H groups in total. The van der Waals surface area contributed by atoms with E-state index in [1.54, 1.807) is 5.01 Å². The molecule has 0 spiro atoms. The highest BCUT2D eigenvalue weighted by Gasteiger charge is 2.26. The molecule has 1 aromatic rings. The average Bonchev–Trinajstić information content (AvgIpc) is 2.74. The van der Waals surface area contributed by atoms with E-state index in [-0.39, 0.29) is 21.9 Å². The lowest BCUT2D eigenvalue weighted by Gasteiger charge is -2.31. The number of aliphatic hydroxyl groups is 1. The Morgan fingerprint density at radius 2 is 2.05 bits per heavy atom. The monoisotopic (exact) mass is 353 g/mol. The van der Waals surface area contributed by atoms with Gasteiger partial charge in [-0.1, -0.05) is 0 Å². The van der Waals surface area contributed by atoms with Crippen molar-refractivity contribution in [2.75, 3.05) is 33.2 Å². The SMILES string of the molecule is CN1CCN(NS(=O)(=O)c2cc(CO)oc2Br)CC1. The van der Waals surface area contributed by atoms with Gasteiger partial charge in [0.1, 0.15) is 17.3 Å². The van der Waals surface area contributed by atoms with Gasteiger partial charge in [-0.3, -0.25) is 0 Å². The highest BCUT2D eigenvalue weighted by molar-refractivity contribution is 9.10. The largest absolute Gasteiger partial charge is 0.450 e.